The summed E-state index contributed by atoms with van der Waals surface area (Å²) in [6, 6.07) is 13.7. The summed E-state index contributed by atoms with van der Waals surface area (Å²) >= 11 is 1.59. The summed E-state index contributed by atoms with van der Waals surface area (Å²) in [5, 5.41) is 9.47. The third kappa shape index (κ3) is 5.21. The molecule has 2 saturated heterocycles. The monoisotopic (exact) mass is 586 g/mol. The fourth-order valence-electron chi connectivity index (χ4n) is 5.56. The Bertz CT molecular complexity index is 1750. The number of urea groups is 1. The molecule has 2 aliphatic heterocycles. The molecular weight excluding hydrogens is 552 g/mol. The van der Waals surface area contributed by atoms with Gasteiger partial charge in [0.15, 0.2) is 10.8 Å². The van der Waals surface area contributed by atoms with E-state index in [2.05, 4.69) is 49.2 Å². The quantitative estimate of drug-likeness (QED) is 0.259. The second-order valence-electron chi connectivity index (χ2n) is 12.1. The molecule has 2 fully saturated rings. The van der Waals surface area contributed by atoms with Gasteiger partial charge in [-0.25, -0.2) is 14.8 Å². The lowest BCUT2D eigenvalue weighted by atomic mass is 9.93. The zero-order chi connectivity index (χ0) is 29.0. The smallest absolute Gasteiger partial charge is 0.324 e. The molecule has 2 aliphatic rings. The Morgan fingerprint density at radius 2 is 1.98 bits per heavy atom. The number of ether oxygens (including phenoxy) is 1. The van der Waals surface area contributed by atoms with Crippen molar-refractivity contribution in [1.29, 1.82) is 0 Å². The van der Waals surface area contributed by atoms with Crippen molar-refractivity contribution in [3.8, 4) is 11.3 Å². The first-order valence-corrected chi connectivity index (χ1v) is 15.0. The van der Waals surface area contributed by atoms with Crippen LogP contribution in [0.5, 0.6) is 0 Å². The lowest BCUT2D eigenvalue weighted by molar-refractivity contribution is 0.0319. The maximum atomic E-state index is 12.5. The molecule has 12 heteroatoms. The maximum Gasteiger partial charge on any atom is 0.324 e. The van der Waals surface area contributed by atoms with Crippen molar-refractivity contribution in [2.24, 2.45) is 0 Å². The van der Waals surface area contributed by atoms with E-state index in [4.69, 9.17) is 19.2 Å². The molecule has 6 heterocycles. The number of benzene rings is 1. The number of morpholine rings is 1. The van der Waals surface area contributed by atoms with Gasteiger partial charge in [0.1, 0.15) is 16.4 Å². The Balaban J connectivity index is 0.994. The number of hydrogen-bond acceptors (Lipinski definition) is 9. The van der Waals surface area contributed by atoms with Crippen LogP contribution in [-0.2, 0) is 10.2 Å². The van der Waals surface area contributed by atoms with E-state index in [-0.39, 0.29) is 11.4 Å². The van der Waals surface area contributed by atoms with Crippen LogP contribution in [0.2, 0.25) is 0 Å². The van der Waals surface area contributed by atoms with Crippen molar-refractivity contribution in [2.45, 2.75) is 44.8 Å². The number of carbonyl (C=O) groups excluding carboxylic acids is 1. The van der Waals surface area contributed by atoms with Crippen molar-refractivity contribution in [2.75, 3.05) is 48.8 Å². The predicted molar refractivity (Wildman–Crippen MR) is 165 cm³/mol. The van der Waals surface area contributed by atoms with Gasteiger partial charge in [0, 0.05) is 61.7 Å². The molecule has 218 valence electrons. The molecule has 0 unspecified atom stereocenters. The molecule has 2 atom stereocenters. The third-order valence-corrected chi connectivity index (χ3v) is 8.97. The van der Waals surface area contributed by atoms with Gasteiger partial charge in [-0.2, -0.15) is 0 Å². The summed E-state index contributed by atoms with van der Waals surface area (Å²) in [4.78, 5) is 28.9. The lowest BCUT2D eigenvalue weighted by Crippen LogP contribution is -2.41. The maximum absolute atomic E-state index is 12.5. The van der Waals surface area contributed by atoms with Gasteiger partial charge in [-0.05, 0) is 30.7 Å². The van der Waals surface area contributed by atoms with Gasteiger partial charge >= 0.3 is 6.03 Å². The lowest BCUT2D eigenvalue weighted by Gasteiger charge is -2.29. The number of amides is 2. The van der Waals surface area contributed by atoms with Crippen molar-refractivity contribution < 1.29 is 14.1 Å². The highest BCUT2D eigenvalue weighted by molar-refractivity contribution is 7.23. The summed E-state index contributed by atoms with van der Waals surface area (Å²) in [5.41, 5.74) is 3.33. The molecule has 11 nitrogen and oxygen atoms in total. The first kappa shape index (κ1) is 26.9. The number of fused-ring (bicyclic) bond motifs is 5. The standard InChI is InChI=1S/C30H34N8O3S/c1-30(2,3)24-14-25(35-41-24)33-28(39)31-19-7-5-18(6-8-19)22-16-38-23-9-10-26(34-27(23)42-29(38)32-22)36(4)11-12-37-15-21-13-20(37)17-40-21/h5-10,14,16,20-21H,11-13,15,17H2,1-4H3,(H2,31,33,35,39)/t20-,21+/m1/s1. The Hall–Kier alpha value is -4.00. The second kappa shape index (κ2) is 10.4. The molecule has 42 heavy (non-hydrogen) atoms. The van der Waals surface area contributed by atoms with Gasteiger partial charge in [-0.3, -0.25) is 14.6 Å². The van der Waals surface area contributed by atoms with E-state index in [1.165, 1.54) is 6.42 Å². The fraction of sp³-hybridized carbons (Fsp3) is 0.400. The van der Waals surface area contributed by atoms with E-state index in [0.29, 0.717) is 29.4 Å². The molecule has 1 aromatic carbocycles. The van der Waals surface area contributed by atoms with Crippen molar-refractivity contribution >= 4 is 50.0 Å². The Morgan fingerprint density at radius 3 is 2.69 bits per heavy atom. The van der Waals surface area contributed by atoms with Gasteiger partial charge < -0.3 is 19.5 Å². The highest BCUT2D eigenvalue weighted by Crippen LogP contribution is 2.31. The van der Waals surface area contributed by atoms with Crippen LogP contribution in [0.1, 0.15) is 33.0 Å². The highest BCUT2D eigenvalue weighted by Gasteiger charge is 2.38. The summed E-state index contributed by atoms with van der Waals surface area (Å²) in [6.07, 6.45) is 3.64. The van der Waals surface area contributed by atoms with Crippen molar-refractivity contribution in [3.05, 3.63) is 54.4 Å². The zero-order valence-electron chi connectivity index (χ0n) is 24.1. The number of carbonyl (C=O) groups is 1. The summed E-state index contributed by atoms with van der Waals surface area (Å²) in [6.45, 7) is 9.94. The molecular formula is C30H34N8O3S. The number of likely N-dealkylation sites (tertiary alicyclic amines) is 1. The molecule has 0 spiro atoms. The van der Waals surface area contributed by atoms with Gasteiger partial charge in [0.05, 0.1) is 23.9 Å². The van der Waals surface area contributed by atoms with Crippen LogP contribution in [0.15, 0.2) is 53.2 Å². The predicted octanol–water partition coefficient (Wildman–Crippen LogP) is 5.45. The molecule has 0 radical (unpaired) electrons. The summed E-state index contributed by atoms with van der Waals surface area (Å²) in [7, 11) is 2.11. The van der Waals surface area contributed by atoms with Gasteiger partial charge in [0.25, 0.3) is 0 Å². The summed E-state index contributed by atoms with van der Waals surface area (Å²) < 4.78 is 13.2. The van der Waals surface area contributed by atoms with Crippen LogP contribution in [0, 0.1) is 0 Å². The van der Waals surface area contributed by atoms with E-state index < -0.39 is 0 Å². The normalized spacial score (nSPS) is 18.8. The van der Waals surface area contributed by atoms with Crippen LogP contribution in [0.25, 0.3) is 26.6 Å². The van der Waals surface area contributed by atoms with Crippen LogP contribution in [0.3, 0.4) is 0 Å². The van der Waals surface area contributed by atoms with Crippen molar-refractivity contribution in [1.82, 2.24) is 24.4 Å². The average Bonchev–Trinajstić information content (AvgIpc) is 3.78. The molecule has 5 aromatic rings. The Kier molecular flexibility index (Phi) is 6.63. The molecule has 0 aliphatic carbocycles. The highest BCUT2D eigenvalue weighted by atomic mass is 32.1. The number of thiazole rings is 1. The number of rotatable bonds is 7. The van der Waals surface area contributed by atoms with E-state index in [0.717, 1.165) is 58.6 Å². The number of nitrogens with one attached hydrogen (secondary N) is 2. The summed E-state index contributed by atoms with van der Waals surface area (Å²) in [5.74, 6) is 2.05. The van der Waals surface area contributed by atoms with E-state index in [1.807, 2.05) is 51.2 Å². The van der Waals surface area contributed by atoms with E-state index >= 15 is 0 Å². The fourth-order valence-corrected chi connectivity index (χ4v) is 6.54. The van der Waals surface area contributed by atoms with E-state index in [1.54, 1.807) is 17.4 Å². The Labute approximate surface area is 247 Å². The van der Waals surface area contributed by atoms with Gasteiger partial charge in [-0.1, -0.05) is 49.4 Å². The molecule has 2 amide bonds. The molecule has 2 N–H and O–H groups in total. The molecule has 0 saturated carbocycles. The number of pyridine rings is 1. The van der Waals surface area contributed by atoms with Crippen LogP contribution >= 0.6 is 11.3 Å². The molecule has 7 rings (SSSR count). The number of aromatic nitrogens is 4. The Morgan fingerprint density at radius 1 is 1.14 bits per heavy atom. The first-order chi connectivity index (χ1) is 20.2. The third-order valence-electron chi connectivity index (χ3n) is 8.00. The van der Waals surface area contributed by atoms with Crippen molar-refractivity contribution in [3.63, 3.8) is 0 Å². The number of anilines is 3. The minimum Gasteiger partial charge on any atom is -0.375 e. The van der Waals surface area contributed by atoms with Gasteiger partial charge in [0.2, 0.25) is 0 Å². The number of imidazole rings is 1. The minimum absolute atomic E-state index is 0.188. The van der Waals surface area contributed by atoms with E-state index in [9.17, 15) is 4.79 Å². The number of likely N-dealkylation sites (N-methyl/N-ethyl adjacent to an activating group) is 1. The minimum atomic E-state index is -0.388. The van der Waals surface area contributed by atoms with Gasteiger partial charge in [-0.15, -0.1) is 0 Å². The van der Waals surface area contributed by atoms with Crippen LogP contribution in [0.4, 0.5) is 22.1 Å². The molecule has 4 aromatic heterocycles. The average molecular weight is 587 g/mol. The molecule has 2 bridgehead atoms. The second-order valence-corrected chi connectivity index (χ2v) is 13.1. The van der Waals surface area contributed by atoms with Crippen LogP contribution < -0.4 is 15.5 Å². The number of hydrogen-bond donors (Lipinski definition) is 2. The number of nitrogens with zero attached hydrogens (tertiary/aromatic N) is 6. The zero-order valence-corrected chi connectivity index (χ0v) is 24.9. The SMILES string of the molecule is CN(CCN1C[C@@H]2C[C@@H]1CO2)c1ccc2c(n1)sc1nc(-c3ccc(NC(=O)Nc4cc(C(C)(C)C)on4)cc3)cn12. The largest absolute Gasteiger partial charge is 0.375 e. The topological polar surface area (TPSA) is 113 Å². The first-order valence-electron chi connectivity index (χ1n) is 14.2. The van der Waals surface area contributed by atoms with Crippen LogP contribution in [-0.4, -0.2) is 75.9 Å².